The van der Waals surface area contributed by atoms with Crippen molar-refractivity contribution in [2.75, 3.05) is 13.1 Å². The molecule has 2 rings (SSSR count). The molecule has 1 aromatic rings. The molecule has 3 atom stereocenters. The number of aliphatic hydroxyl groups excluding tert-OH is 1. The van der Waals surface area contributed by atoms with Crippen molar-refractivity contribution in [1.82, 2.24) is 4.90 Å². The van der Waals surface area contributed by atoms with E-state index in [0.717, 1.165) is 32.5 Å². The van der Waals surface area contributed by atoms with Crippen molar-refractivity contribution in [1.29, 1.82) is 0 Å². The first-order chi connectivity index (χ1) is 9.08. The lowest BCUT2D eigenvalue weighted by atomic mass is 9.88. The van der Waals surface area contributed by atoms with E-state index in [1.54, 1.807) is 0 Å². The maximum absolute atomic E-state index is 10.0. The summed E-state index contributed by atoms with van der Waals surface area (Å²) in [5.74, 6) is 0.318. The zero-order chi connectivity index (χ0) is 13.8. The normalized spacial score (nSPS) is 26.3. The summed E-state index contributed by atoms with van der Waals surface area (Å²) >= 11 is 0. The maximum Gasteiger partial charge on any atom is 0.0578 e. The van der Waals surface area contributed by atoms with Crippen molar-refractivity contribution in [3.05, 3.63) is 35.4 Å². The van der Waals surface area contributed by atoms with Crippen molar-refractivity contribution in [2.45, 2.75) is 45.4 Å². The predicted octanol–water partition coefficient (Wildman–Crippen LogP) is 1.92. The minimum Gasteiger partial charge on any atom is -0.393 e. The third-order valence-electron chi connectivity index (χ3n) is 4.04. The first kappa shape index (κ1) is 14.5. The van der Waals surface area contributed by atoms with Crippen molar-refractivity contribution < 1.29 is 5.11 Å². The third kappa shape index (κ3) is 4.03. The van der Waals surface area contributed by atoms with Crippen molar-refractivity contribution >= 4 is 0 Å². The molecule has 0 spiro atoms. The number of aliphatic hydroxyl groups is 1. The number of nitrogens with two attached hydrogens (primary N) is 1. The number of nitrogens with zero attached hydrogens (tertiary/aromatic N) is 1. The summed E-state index contributed by atoms with van der Waals surface area (Å²) in [5, 5.41) is 10.0. The van der Waals surface area contributed by atoms with E-state index in [1.165, 1.54) is 11.1 Å². The quantitative estimate of drug-likeness (QED) is 0.871. The third-order valence-corrected chi connectivity index (χ3v) is 4.04. The van der Waals surface area contributed by atoms with Gasteiger partial charge in [-0.15, -0.1) is 0 Å². The Hall–Kier alpha value is -0.900. The molecule has 3 nitrogen and oxygen atoms in total. The fraction of sp³-hybridized carbons (Fsp3) is 0.625. The zero-order valence-corrected chi connectivity index (χ0v) is 12.0. The highest BCUT2D eigenvalue weighted by Gasteiger charge is 2.29. The molecule has 106 valence electrons. The molecule has 0 radical (unpaired) electrons. The minimum atomic E-state index is -0.216. The Morgan fingerprint density at radius 3 is 2.89 bits per heavy atom. The lowest BCUT2D eigenvalue weighted by Gasteiger charge is -2.38. The SMILES string of the molecule is CCC(O)C1CC(N)CN(Cc2cccc(C)c2)C1. The summed E-state index contributed by atoms with van der Waals surface area (Å²) in [6.45, 7) is 6.98. The molecule has 0 aromatic heterocycles. The summed E-state index contributed by atoms with van der Waals surface area (Å²) in [6.07, 6.45) is 1.54. The average molecular weight is 262 g/mol. The molecule has 3 unspecified atom stereocenters. The molecule has 3 N–H and O–H groups in total. The van der Waals surface area contributed by atoms with Crippen LogP contribution in [0.25, 0.3) is 0 Å². The van der Waals surface area contributed by atoms with Gasteiger partial charge >= 0.3 is 0 Å². The van der Waals surface area contributed by atoms with Gasteiger partial charge in [-0.05, 0) is 31.2 Å². The van der Waals surface area contributed by atoms with Crippen LogP contribution in [-0.4, -0.2) is 35.2 Å². The van der Waals surface area contributed by atoms with Crippen molar-refractivity contribution in [2.24, 2.45) is 11.7 Å². The van der Waals surface area contributed by atoms with E-state index in [2.05, 4.69) is 36.1 Å². The van der Waals surface area contributed by atoms with Gasteiger partial charge in [0.1, 0.15) is 0 Å². The molecule has 0 saturated carbocycles. The second kappa shape index (κ2) is 6.51. The molecule has 1 aliphatic rings. The average Bonchev–Trinajstić information content (AvgIpc) is 2.37. The second-order valence-electron chi connectivity index (χ2n) is 5.91. The molecule has 1 aliphatic heterocycles. The number of aryl methyl sites for hydroxylation is 1. The Morgan fingerprint density at radius 2 is 2.21 bits per heavy atom. The Balaban J connectivity index is 1.99. The smallest absolute Gasteiger partial charge is 0.0578 e. The number of benzene rings is 1. The summed E-state index contributed by atoms with van der Waals surface area (Å²) in [4.78, 5) is 2.38. The molecular weight excluding hydrogens is 236 g/mol. The molecule has 1 heterocycles. The van der Waals surface area contributed by atoms with E-state index < -0.39 is 0 Å². The summed E-state index contributed by atoms with van der Waals surface area (Å²) in [5.41, 5.74) is 8.77. The number of hydrogen-bond donors (Lipinski definition) is 2. The molecule has 1 aromatic carbocycles. The van der Waals surface area contributed by atoms with Gasteiger partial charge in [0, 0.05) is 25.7 Å². The second-order valence-corrected chi connectivity index (χ2v) is 5.91. The maximum atomic E-state index is 10.0. The van der Waals surface area contributed by atoms with Gasteiger partial charge in [0.2, 0.25) is 0 Å². The highest BCUT2D eigenvalue weighted by Crippen LogP contribution is 2.22. The van der Waals surface area contributed by atoms with Crippen LogP contribution in [0, 0.1) is 12.8 Å². The molecule has 0 aliphatic carbocycles. The summed E-state index contributed by atoms with van der Waals surface area (Å²) in [7, 11) is 0. The van der Waals surface area contributed by atoms with Gasteiger partial charge in [0.25, 0.3) is 0 Å². The van der Waals surface area contributed by atoms with E-state index >= 15 is 0 Å². The highest BCUT2D eigenvalue weighted by atomic mass is 16.3. The molecule has 3 heteroatoms. The Labute approximate surface area is 116 Å². The monoisotopic (exact) mass is 262 g/mol. The van der Waals surface area contributed by atoms with E-state index in [4.69, 9.17) is 5.73 Å². The van der Waals surface area contributed by atoms with Gasteiger partial charge in [-0.1, -0.05) is 36.8 Å². The lowest BCUT2D eigenvalue weighted by molar-refractivity contribution is 0.0387. The predicted molar refractivity (Wildman–Crippen MR) is 78.8 cm³/mol. The number of rotatable bonds is 4. The highest BCUT2D eigenvalue weighted by molar-refractivity contribution is 5.22. The van der Waals surface area contributed by atoms with Gasteiger partial charge in [-0.3, -0.25) is 4.90 Å². The molecule has 0 amide bonds. The Morgan fingerprint density at radius 1 is 1.42 bits per heavy atom. The van der Waals surface area contributed by atoms with Crippen LogP contribution in [0.4, 0.5) is 0 Å². The van der Waals surface area contributed by atoms with E-state index in [0.29, 0.717) is 5.92 Å². The van der Waals surface area contributed by atoms with Gasteiger partial charge < -0.3 is 10.8 Å². The zero-order valence-electron chi connectivity index (χ0n) is 12.0. The Kier molecular flexibility index (Phi) is 4.97. The van der Waals surface area contributed by atoms with Crippen LogP contribution in [-0.2, 0) is 6.54 Å². The van der Waals surface area contributed by atoms with E-state index in [1.807, 2.05) is 6.92 Å². The van der Waals surface area contributed by atoms with Crippen LogP contribution in [0.3, 0.4) is 0 Å². The Bertz CT molecular complexity index is 407. The fourth-order valence-electron chi connectivity index (χ4n) is 3.09. The number of piperidine rings is 1. The van der Waals surface area contributed by atoms with Gasteiger partial charge in [0.05, 0.1) is 6.10 Å². The fourth-order valence-corrected chi connectivity index (χ4v) is 3.09. The standard InChI is InChI=1S/C16H26N2O/c1-3-16(19)14-8-15(17)11-18(10-14)9-13-6-4-5-12(2)7-13/h4-7,14-16,19H,3,8-11,17H2,1-2H3. The molecular formula is C16H26N2O. The molecule has 1 saturated heterocycles. The van der Waals surface area contributed by atoms with Crippen LogP contribution in [0.1, 0.15) is 30.9 Å². The number of hydrogen-bond acceptors (Lipinski definition) is 3. The van der Waals surface area contributed by atoms with E-state index in [-0.39, 0.29) is 12.1 Å². The number of likely N-dealkylation sites (tertiary alicyclic amines) is 1. The largest absolute Gasteiger partial charge is 0.393 e. The summed E-state index contributed by atoms with van der Waals surface area (Å²) < 4.78 is 0. The molecule has 0 bridgehead atoms. The topological polar surface area (TPSA) is 49.5 Å². The van der Waals surface area contributed by atoms with Gasteiger partial charge in [0.15, 0.2) is 0 Å². The molecule has 19 heavy (non-hydrogen) atoms. The lowest BCUT2D eigenvalue weighted by Crippen LogP contribution is -2.49. The summed E-state index contributed by atoms with van der Waals surface area (Å²) in [6, 6.07) is 8.80. The van der Waals surface area contributed by atoms with Crippen molar-refractivity contribution in [3.63, 3.8) is 0 Å². The van der Waals surface area contributed by atoms with Crippen LogP contribution in [0.15, 0.2) is 24.3 Å². The van der Waals surface area contributed by atoms with Gasteiger partial charge in [-0.2, -0.15) is 0 Å². The minimum absolute atomic E-state index is 0.185. The molecule has 1 fully saturated rings. The van der Waals surface area contributed by atoms with E-state index in [9.17, 15) is 5.11 Å². The van der Waals surface area contributed by atoms with Crippen LogP contribution >= 0.6 is 0 Å². The van der Waals surface area contributed by atoms with Gasteiger partial charge in [-0.25, -0.2) is 0 Å². The van der Waals surface area contributed by atoms with Crippen LogP contribution in [0.5, 0.6) is 0 Å². The van der Waals surface area contributed by atoms with Crippen LogP contribution < -0.4 is 5.73 Å². The van der Waals surface area contributed by atoms with Crippen LogP contribution in [0.2, 0.25) is 0 Å². The first-order valence-electron chi connectivity index (χ1n) is 7.30. The van der Waals surface area contributed by atoms with Crippen molar-refractivity contribution in [3.8, 4) is 0 Å². The first-order valence-corrected chi connectivity index (χ1v) is 7.30.